The third-order valence-electron chi connectivity index (χ3n) is 0.903. The van der Waals surface area contributed by atoms with Crippen molar-refractivity contribution < 1.29 is 11.0 Å². The molecule has 0 radical (unpaired) electrons. The van der Waals surface area contributed by atoms with Crippen LogP contribution in [0.25, 0.3) is 0 Å². The lowest BCUT2D eigenvalue weighted by molar-refractivity contribution is -0.114. The summed E-state index contributed by atoms with van der Waals surface area (Å²) in [4.78, 5) is 20.9. The van der Waals surface area contributed by atoms with Gasteiger partial charge in [0.1, 0.15) is 0 Å². The Hall–Kier alpha value is -0.890. The number of hydrogen-bond donors (Lipinski definition) is 0. The highest BCUT2D eigenvalue weighted by atomic mass is 35.5. The van der Waals surface area contributed by atoms with Crippen LogP contribution in [0.1, 0.15) is 1.43 Å². The zero-order chi connectivity index (χ0) is 6.85. The Balaban J connectivity index is 0.000000810. The molecule has 0 aromatic carbocycles. The first-order valence-corrected chi connectivity index (χ1v) is 2.71. The Labute approximate surface area is 58.3 Å². The molecule has 2 nitrogen and oxygen atoms in total. The predicted molar refractivity (Wildman–Crippen MR) is 34.2 cm³/mol. The molecule has 0 atom stereocenters. The van der Waals surface area contributed by atoms with Crippen LogP contribution in [-0.2, 0) is 9.59 Å². The number of halogens is 1. The summed E-state index contributed by atoms with van der Waals surface area (Å²) < 4.78 is 0. The van der Waals surface area contributed by atoms with Crippen LogP contribution in [0.4, 0.5) is 0 Å². The van der Waals surface area contributed by atoms with Gasteiger partial charge in [0.15, 0.2) is 11.6 Å². The van der Waals surface area contributed by atoms with E-state index in [1.807, 2.05) is 0 Å². The largest absolute Gasteiger partial charge is 1.00 e. The molecular formula is C6H4ClO2+. The highest BCUT2D eigenvalue weighted by Crippen LogP contribution is 2.08. The molecule has 0 N–H and O–H groups in total. The zero-order valence-corrected chi connectivity index (χ0v) is 5.18. The second-order valence-electron chi connectivity index (χ2n) is 1.59. The van der Waals surface area contributed by atoms with Gasteiger partial charge >= 0.3 is 1.43 Å². The summed E-state index contributed by atoms with van der Waals surface area (Å²) in [5, 5.41) is -0.0116. The van der Waals surface area contributed by atoms with Gasteiger partial charge in [0, 0.05) is 6.08 Å². The van der Waals surface area contributed by atoms with Crippen LogP contribution in [0.15, 0.2) is 23.3 Å². The summed E-state index contributed by atoms with van der Waals surface area (Å²) in [6, 6.07) is 0. The van der Waals surface area contributed by atoms with Crippen molar-refractivity contribution in [1.29, 1.82) is 0 Å². The van der Waals surface area contributed by atoms with Gasteiger partial charge in [-0.25, -0.2) is 0 Å². The Morgan fingerprint density at radius 2 is 2.00 bits per heavy atom. The fraction of sp³-hybridized carbons (Fsp3) is 0. The van der Waals surface area contributed by atoms with Crippen molar-refractivity contribution in [3.63, 3.8) is 0 Å². The van der Waals surface area contributed by atoms with Gasteiger partial charge in [-0.05, 0) is 12.2 Å². The van der Waals surface area contributed by atoms with Crippen LogP contribution in [0.5, 0.6) is 0 Å². The van der Waals surface area contributed by atoms with E-state index in [9.17, 15) is 9.59 Å². The maximum atomic E-state index is 10.5. The van der Waals surface area contributed by atoms with E-state index in [1.54, 1.807) is 0 Å². The number of allylic oxidation sites excluding steroid dienone is 4. The van der Waals surface area contributed by atoms with E-state index >= 15 is 0 Å². The molecule has 1 aliphatic rings. The summed E-state index contributed by atoms with van der Waals surface area (Å²) >= 11 is 5.30. The van der Waals surface area contributed by atoms with Crippen molar-refractivity contribution in [2.45, 2.75) is 0 Å². The molecule has 0 bridgehead atoms. The first kappa shape index (κ1) is 6.23. The number of ketones is 2. The van der Waals surface area contributed by atoms with Crippen LogP contribution in [0.3, 0.4) is 0 Å². The first-order valence-electron chi connectivity index (χ1n) is 2.34. The van der Waals surface area contributed by atoms with Gasteiger partial charge in [0.25, 0.3) is 0 Å². The minimum absolute atomic E-state index is 0. The van der Waals surface area contributed by atoms with Crippen molar-refractivity contribution >= 4 is 23.2 Å². The van der Waals surface area contributed by atoms with Crippen molar-refractivity contribution in [2.24, 2.45) is 0 Å². The number of hydrogen-bond acceptors (Lipinski definition) is 2. The molecule has 9 heavy (non-hydrogen) atoms. The Kier molecular flexibility index (Phi) is 1.49. The molecule has 1 aliphatic carbocycles. The van der Waals surface area contributed by atoms with Crippen LogP contribution in [0.2, 0.25) is 0 Å². The standard InChI is InChI=1S/C6H3ClO2/c7-5-3-4(8)1-2-6(5)9/h1-3H/p+1. The van der Waals surface area contributed by atoms with Crippen LogP contribution >= 0.6 is 11.6 Å². The lowest BCUT2D eigenvalue weighted by Gasteiger charge is -1.94. The molecule has 0 heterocycles. The SMILES string of the molecule is O=C1C=CC(=O)C(Cl)=C1.[H+]. The molecule has 0 aromatic rings. The molecule has 0 spiro atoms. The van der Waals surface area contributed by atoms with Gasteiger partial charge in [-0.2, -0.15) is 0 Å². The fourth-order valence-electron chi connectivity index (χ4n) is 0.482. The average molecular weight is 144 g/mol. The summed E-state index contributed by atoms with van der Waals surface area (Å²) in [6.45, 7) is 0. The topological polar surface area (TPSA) is 34.1 Å². The van der Waals surface area contributed by atoms with E-state index < -0.39 is 0 Å². The Morgan fingerprint density at radius 3 is 2.44 bits per heavy atom. The second-order valence-corrected chi connectivity index (χ2v) is 2.00. The van der Waals surface area contributed by atoms with Gasteiger partial charge in [0.2, 0.25) is 0 Å². The summed E-state index contributed by atoms with van der Waals surface area (Å²) in [6.07, 6.45) is 3.45. The number of carbonyl (C=O) groups excluding carboxylic acids is 2. The van der Waals surface area contributed by atoms with E-state index in [-0.39, 0.29) is 18.0 Å². The van der Waals surface area contributed by atoms with Crippen LogP contribution < -0.4 is 0 Å². The first-order chi connectivity index (χ1) is 4.20. The molecule has 0 aromatic heterocycles. The van der Waals surface area contributed by atoms with E-state index in [0.717, 1.165) is 12.2 Å². The van der Waals surface area contributed by atoms with Gasteiger partial charge in [-0.15, -0.1) is 0 Å². The van der Waals surface area contributed by atoms with E-state index in [2.05, 4.69) is 0 Å². The monoisotopic (exact) mass is 143 g/mol. The smallest absolute Gasteiger partial charge is 0.290 e. The predicted octanol–water partition coefficient (Wildman–Crippen LogP) is 0.930. The van der Waals surface area contributed by atoms with Crippen molar-refractivity contribution in [1.82, 2.24) is 0 Å². The van der Waals surface area contributed by atoms with Crippen LogP contribution in [-0.4, -0.2) is 11.6 Å². The minimum Gasteiger partial charge on any atom is -0.290 e. The normalized spacial score (nSPS) is 18.1. The average Bonchev–Trinajstić information content (AvgIpc) is 1.80. The molecule has 0 amide bonds. The van der Waals surface area contributed by atoms with Crippen molar-refractivity contribution in [3.05, 3.63) is 23.3 Å². The Bertz CT molecular complexity index is 230. The number of rotatable bonds is 0. The van der Waals surface area contributed by atoms with Crippen molar-refractivity contribution in [3.8, 4) is 0 Å². The maximum absolute atomic E-state index is 10.5. The van der Waals surface area contributed by atoms with Gasteiger partial charge in [-0.3, -0.25) is 9.59 Å². The van der Waals surface area contributed by atoms with E-state index in [4.69, 9.17) is 11.6 Å². The van der Waals surface area contributed by atoms with Gasteiger partial charge < -0.3 is 0 Å². The third-order valence-corrected chi connectivity index (χ3v) is 1.20. The third kappa shape index (κ3) is 1.27. The molecule has 0 saturated heterocycles. The molecule has 0 fully saturated rings. The summed E-state index contributed by atoms with van der Waals surface area (Å²) in [5.41, 5.74) is 0. The van der Waals surface area contributed by atoms with E-state index in [1.165, 1.54) is 6.08 Å². The van der Waals surface area contributed by atoms with Crippen LogP contribution in [0, 0.1) is 0 Å². The van der Waals surface area contributed by atoms with Gasteiger partial charge in [-0.1, -0.05) is 11.6 Å². The van der Waals surface area contributed by atoms with Crippen molar-refractivity contribution in [2.75, 3.05) is 0 Å². The second kappa shape index (κ2) is 2.15. The zero-order valence-electron chi connectivity index (χ0n) is 5.43. The highest BCUT2D eigenvalue weighted by molar-refractivity contribution is 6.47. The quantitative estimate of drug-likeness (QED) is 0.473. The lowest BCUT2D eigenvalue weighted by atomic mass is 10.2. The summed E-state index contributed by atoms with van der Waals surface area (Å²) in [5.74, 6) is -0.545. The highest BCUT2D eigenvalue weighted by Gasteiger charge is 2.08. The molecule has 0 saturated carbocycles. The summed E-state index contributed by atoms with van der Waals surface area (Å²) in [7, 11) is 0. The van der Waals surface area contributed by atoms with E-state index in [0.29, 0.717) is 0 Å². The lowest BCUT2D eigenvalue weighted by Crippen LogP contribution is -2.02. The van der Waals surface area contributed by atoms with Gasteiger partial charge in [0.05, 0.1) is 5.03 Å². The minimum atomic E-state index is -0.309. The molecule has 0 aliphatic heterocycles. The fourth-order valence-corrected chi connectivity index (χ4v) is 0.652. The molecular weight excluding hydrogens is 140 g/mol. The molecule has 0 unspecified atom stereocenters. The molecule has 46 valence electrons. The maximum Gasteiger partial charge on any atom is 1.00 e. The molecule has 1 rings (SSSR count). The Morgan fingerprint density at radius 1 is 1.33 bits per heavy atom. The number of carbonyl (C=O) groups is 2. The molecule has 3 heteroatoms.